The van der Waals surface area contributed by atoms with Crippen molar-refractivity contribution in [1.82, 2.24) is 14.5 Å². The van der Waals surface area contributed by atoms with Crippen LogP contribution < -0.4 is 0 Å². The zero-order valence-electron chi connectivity index (χ0n) is 22.8. The molecule has 0 aliphatic heterocycles. The number of fused-ring (bicyclic) bond motifs is 11. The Balaban J connectivity index is 1.38. The maximum atomic E-state index is 5.36. The standard InChI is InChI=1S/C38H21N3S2/c1-2-10-22(11-3-1)35-37-36(26-14-6-9-17-32(26)43-37)40-38(39-35)41-29-15-7-4-12-24(29)28-20-23-18-19-33-34(27(23)21-30(28)41)25-13-5-8-16-31(25)42-33/h1-21H. The Kier molecular flexibility index (Phi) is 4.75. The normalized spacial score (nSPS) is 12.2. The summed E-state index contributed by atoms with van der Waals surface area (Å²) >= 11 is 3.63. The Hall–Kier alpha value is -5.10. The largest absolute Gasteiger partial charge is 0.278 e. The quantitative estimate of drug-likeness (QED) is 0.203. The van der Waals surface area contributed by atoms with Gasteiger partial charge in [-0.05, 0) is 47.2 Å². The summed E-state index contributed by atoms with van der Waals surface area (Å²) in [5.41, 5.74) is 5.30. The van der Waals surface area contributed by atoms with Gasteiger partial charge in [0.1, 0.15) is 0 Å². The smallest absolute Gasteiger partial charge is 0.235 e. The van der Waals surface area contributed by atoms with Crippen molar-refractivity contribution in [3.63, 3.8) is 0 Å². The van der Waals surface area contributed by atoms with E-state index in [1.165, 1.54) is 51.8 Å². The highest BCUT2D eigenvalue weighted by atomic mass is 32.1. The van der Waals surface area contributed by atoms with E-state index in [0.29, 0.717) is 5.95 Å². The van der Waals surface area contributed by atoms with Gasteiger partial charge in [0, 0.05) is 46.6 Å². The van der Waals surface area contributed by atoms with Gasteiger partial charge in [0.25, 0.3) is 0 Å². The molecule has 6 aromatic carbocycles. The highest BCUT2D eigenvalue weighted by molar-refractivity contribution is 7.26. The molecular weight excluding hydrogens is 563 g/mol. The van der Waals surface area contributed by atoms with Gasteiger partial charge >= 0.3 is 0 Å². The molecule has 0 saturated heterocycles. The Morgan fingerprint density at radius 1 is 0.488 bits per heavy atom. The average Bonchev–Trinajstić information content (AvgIpc) is 3.73. The molecule has 200 valence electrons. The molecule has 0 saturated carbocycles. The second-order valence-corrected chi connectivity index (χ2v) is 13.1. The molecule has 0 N–H and O–H groups in total. The van der Waals surface area contributed by atoms with Crippen LogP contribution in [0.15, 0.2) is 127 Å². The highest BCUT2D eigenvalue weighted by Gasteiger charge is 2.21. The molecule has 43 heavy (non-hydrogen) atoms. The third-order valence-corrected chi connectivity index (χ3v) is 10.9. The van der Waals surface area contributed by atoms with Gasteiger partial charge in [-0.15, -0.1) is 22.7 Å². The van der Waals surface area contributed by atoms with Crippen molar-refractivity contribution in [3.8, 4) is 17.2 Å². The minimum Gasteiger partial charge on any atom is -0.278 e. The second-order valence-electron chi connectivity index (χ2n) is 11.0. The van der Waals surface area contributed by atoms with Gasteiger partial charge in [-0.2, -0.15) is 0 Å². The van der Waals surface area contributed by atoms with E-state index in [1.807, 2.05) is 11.3 Å². The first-order valence-corrected chi connectivity index (χ1v) is 16.0. The molecule has 0 bridgehead atoms. The number of hydrogen-bond acceptors (Lipinski definition) is 4. The van der Waals surface area contributed by atoms with E-state index < -0.39 is 0 Å². The van der Waals surface area contributed by atoms with Crippen LogP contribution in [0.1, 0.15) is 0 Å². The van der Waals surface area contributed by atoms with Crippen molar-refractivity contribution in [2.75, 3.05) is 0 Å². The topological polar surface area (TPSA) is 30.7 Å². The Labute approximate surface area is 253 Å². The van der Waals surface area contributed by atoms with Crippen LogP contribution in [-0.2, 0) is 0 Å². The molecule has 4 heterocycles. The van der Waals surface area contributed by atoms with Crippen LogP contribution >= 0.6 is 22.7 Å². The summed E-state index contributed by atoms with van der Waals surface area (Å²) in [5, 5.41) is 8.72. The van der Waals surface area contributed by atoms with Crippen LogP contribution in [0.25, 0.3) is 90.3 Å². The molecule has 0 radical (unpaired) electrons. The van der Waals surface area contributed by atoms with E-state index in [4.69, 9.17) is 9.97 Å². The Bertz CT molecular complexity index is 2730. The van der Waals surface area contributed by atoms with Crippen LogP contribution in [0.4, 0.5) is 0 Å². The molecular formula is C38H21N3S2. The zero-order valence-corrected chi connectivity index (χ0v) is 24.4. The van der Waals surface area contributed by atoms with Gasteiger partial charge in [-0.3, -0.25) is 4.57 Å². The number of benzene rings is 6. The lowest BCUT2D eigenvalue weighted by molar-refractivity contribution is 1.02. The van der Waals surface area contributed by atoms with Gasteiger partial charge in [0.05, 0.1) is 26.9 Å². The van der Waals surface area contributed by atoms with Gasteiger partial charge in [0.15, 0.2) is 0 Å². The van der Waals surface area contributed by atoms with Gasteiger partial charge in [-0.25, -0.2) is 9.97 Å². The Morgan fingerprint density at radius 2 is 1.21 bits per heavy atom. The molecule has 5 heteroatoms. The maximum Gasteiger partial charge on any atom is 0.235 e. The van der Waals surface area contributed by atoms with E-state index in [0.717, 1.165) is 32.5 Å². The predicted octanol–water partition coefficient (Wildman–Crippen LogP) is 11.1. The molecule has 0 unspecified atom stereocenters. The van der Waals surface area contributed by atoms with E-state index in [2.05, 4.69) is 132 Å². The molecule has 0 atom stereocenters. The van der Waals surface area contributed by atoms with E-state index in [1.54, 1.807) is 11.3 Å². The fraction of sp³-hybridized carbons (Fsp3) is 0. The maximum absolute atomic E-state index is 5.36. The second kappa shape index (κ2) is 8.71. The fourth-order valence-corrected chi connectivity index (χ4v) is 8.97. The zero-order chi connectivity index (χ0) is 28.1. The van der Waals surface area contributed by atoms with Crippen molar-refractivity contribution in [1.29, 1.82) is 0 Å². The summed E-state index contributed by atoms with van der Waals surface area (Å²) in [6, 6.07) is 45.7. The predicted molar refractivity (Wildman–Crippen MR) is 185 cm³/mol. The lowest BCUT2D eigenvalue weighted by atomic mass is 10.0. The first kappa shape index (κ1) is 23.5. The van der Waals surface area contributed by atoms with E-state index in [9.17, 15) is 0 Å². The third kappa shape index (κ3) is 3.29. The van der Waals surface area contributed by atoms with Crippen molar-refractivity contribution in [2.45, 2.75) is 0 Å². The molecule has 0 amide bonds. The molecule has 10 rings (SSSR count). The van der Waals surface area contributed by atoms with E-state index >= 15 is 0 Å². The highest BCUT2D eigenvalue weighted by Crippen LogP contribution is 2.43. The van der Waals surface area contributed by atoms with Gasteiger partial charge < -0.3 is 0 Å². The van der Waals surface area contributed by atoms with Crippen LogP contribution in [0, 0.1) is 0 Å². The molecule has 0 spiro atoms. The average molecular weight is 584 g/mol. The lowest BCUT2D eigenvalue weighted by Crippen LogP contribution is -2.02. The third-order valence-electron chi connectivity index (χ3n) is 8.61. The summed E-state index contributed by atoms with van der Waals surface area (Å²) in [6.07, 6.45) is 0. The van der Waals surface area contributed by atoms with Crippen LogP contribution in [0.2, 0.25) is 0 Å². The van der Waals surface area contributed by atoms with Crippen molar-refractivity contribution < 1.29 is 0 Å². The van der Waals surface area contributed by atoms with Crippen molar-refractivity contribution in [3.05, 3.63) is 127 Å². The molecule has 3 nitrogen and oxygen atoms in total. The minimum atomic E-state index is 0.697. The fourth-order valence-electron chi connectivity index (χ4n) is 6.70. The summed E-state index contributed by atoms with van der Waals surface area (Å²) in [5.74, 6) is 0.697. The summed E-state index contributed by atoms with van der Waals surface area (Å²) < 4.78 is 7.24. The summed E-state index contributed by atoms with van der Waals surface area (Å²) in [7, 11) is 0. The van der Waals surface area contributed by atoms with Crippen molar-refractivity contribution >= 4 is 95.7 Å². The summed E-state index contributed by atoms with van der Waals surface area (Å²) in [4.78, 5) is 10.7. The number of rotatable bonds is 2. The number of para-hydroxylation sites is 1. The molecule has 0 aliphatic rings. The first-order chi connectivity index (χ1) is 21.3. The lowest BCUT2D eigenvalue weighted by Gasteiger charge is -2.10. The van der Waals surface area contributed by atoms with Gasteiger partial charge in [0.2, 0.25) is 5.95 Å². The SMILES string of the molecule is c1ccc(-c2nc(-n3c4ccccc4c4cc5ccc6sc7ccccc7c6c5cc43)nc3c2sc2ccccc23)cc1. The Morgan fingerprint density at radius 3 is 2.07 bits per heavy atom. The van der Waals surface area contributed by atoms with Gasteiger partial charge in [-0.1, -0.05) is 91.0 Å². The number of thiophene rings is 2. The molecule has 10 aromatic rings. The van der Waals surface area contributed by atoms with Crippen molar-refractivity contribution in [2.24, 2.45) is 0 Å². The molecule has 0 aliphatic carbocycles. The molecule has 0 fully saturated rings. The van der Waals surface area contributed by atoms with Crippen LogP contribution in [0.5, 0.6) is 0 Å². The van der Waals surface area contributed by atoms with Crippen LogP contribution in [-0.4, -0.2) is 14.5 Å². The number of hydrogen-bond donors (Lipinski definition) is 0. The molecule has 4 aromatic heterocycles. The number of nitrogens with zero attached hydrogens (tertiary/aromatic N) is 3. The monoisotopic (exact) mass is 583 g/mol. The van der Waals surface area contributed by atoms with Crippen LogP contribution in [0.3, 0.4) is 0 Å². The first-order valence-electron chi connectivity index (χ1n) is 14.3. The summed E-state index contributed by atoms with van der Waals surface area (Å²) in [6.45, 7) is 0. The van der Waals surface area contributed by atoms with E-state index in [-0.39, 0.29) is 0 Å². The minimum absolute atomic E-state index is 0.697. The number of aromatic nitrogens is 3.